The smallest absolute Gasteiger partial charge is 0.225 e. The van der Waals surface area contributed by atoms with Crippen LogP contribution in [0.5, 0.6) is 0 Å². The fraction of sp³-hybridized carbons (Fsp3) is 0.583. The molecule has 0 aromatic carbocycles. The highest BCUT2D eigenvalue weighted by Gasteiger charge is 2.47. The van der Waals surface area contributed by atoms with Crippen LogP contribution in [0.25, 0.3) is 0 Å². The zero-order valence-corrected chi connectivity index (χ0v) is 10.4. The van der Waals surface area contributed by atoms with Crippen LogP contribution in [0.15, 0.2) is 17.5 Å². The lowest BCUT2D eigenvalue weighted by Crippen LogP contribution is -2.61. The van der Waals surface area contributed by atoms with Crippen LogP contribution in [0.1, 0.15) is 25.1 Å². The number of amides is 1. The van der Waals surface area contributed by atoms with Crippen LogP contribution in [0.3, 0.4) is 0 Å². The summed E-state index contributed by atoms with van der Waals surface area (Å²) in [5.74, 6) is 0.0485. The maximum absolute atomic E-state index is 11.7. The first-order chi connectivity index (χ1) is 7.50. The largest absolute Gasteiger partial charge is 0.392 e. The number of hydrogen-bond donors (Lipinski definition) is 2. The first-order valence-electron chi connectivity index (χ1n) is 5.50. The molecule has 0 aliphatic heterocycles. The number of carbonyl (C=O) groups excluding carboxylic acids is 1. The third kappa shape index (κ3) is 2.13. The Kier molecular flexibility index (Phi) is 3.04. The van der Waals surface area contributed by atoms with Gasteiger partial charge in [-0.05, 0) is 17.9 Å². The number of carbonyl (C=O) groups is 1. The molecule has 2 unspecified atom stereocenters. The molecule has 88 valence electrons. The number of nitrogens with one attached hydrogen (secondary N) is 1. The topological polar surface area (TPSA) is 49.3 Å². The molecule has 0 bridgehead atoms. The predicted octanol–water partition coefficient (Wildman–Crippen LogP) is 1.57. The van der Waals surface area contributed by atoms with Gasteiger partial charge in [0.1, 0.15) is 0 Å². The van der Waals surface area contributed by atoms with Gasteiger partial charge in [-0.3, -0.25) is 4.79 Å². The van der Waals surface area contributed by atoms with Crippen molar-refractivity contribution >= 4 is 17.2 Å². The molecule has 1 aromatic heterocycles. The second-order valence-corrected chi connectivity index (χ2v) is 5.98. The molecule has 1 aliphatic carbocycles. The molecule has 0 radical (unpaired) electrons. The highest BCUT2D eigenvalue weighted by atomic mass is 32.1. The Balaban J connectivity index is 1.85. The van der Waals surface area contributed by atoms with Crippen molar-refractivity contribution in [3.63, 3.8) is 0 Å². The van der Waals surface area contributed by atoms with E-state index in [4.69, 9.17) is 0 Å². The van der Waals surface area contributed by atoms with E-state index in [2.05, 4.69) is 5.32 Å². The summed E-state index contributed by atoms with van der Waals surface area (Å²) >= 11 is 1.59. The Bertz CT molecular complexity index is 372. The summed E-state index contributed by atoms with van der Waals surface area (Å²) in [5.41, 5.74) is -0.189. The fourth-order valence-corrected chi connectivity index (χ4v) is 2.67. The average Bonchev–Trinajstić information content (AvgIpc) is 2.70. The summed E-state index contributed by atoms with van der Waals surface area (Å²) in [7, 11) is 0. The molecule has 1 fully saturated rings. The number of aliphatic hydroxyl groups excluding tert-OH is 1. The molecule has 1 heterocycles. The van der Waals surface area contributed by atoms with Crippen molar-refractivity contribution in [3.8, 4) is 0 Å². The van der Waals surface area contributed by atoms with Crippen LogP contribution in [0, 0.1) is 5.41 Å². The van der Waals surface area contributed by atoms with Crippen LogP contribution in [0.4, 0.5) is 0 Å². The van der Waals surface area contributed by atoms with E-state index in [-0.39, 0.29) is 23.5 Å². The summed E-state index contributed by atoms with van der Waals surface area (Å²) in [4.78, 5) is 12.8. The standard InChI is InChI=1S/C12H17NO2S/c1-12(2)9(7-10(12)14)13-11(15)6-8-4-3-5-16-8/h3-5,9-10,14H,6-7H2,1-2H3,(H,13,15). The average molecular weight is 239 g/mol. The van der Waals surface area contributed by atoms with Gasteiger partial charge in [-0.15, -0.1) is 11.3 Å². The fourth-order valence-electron chi connectivity index (χ4n) is 1.96. The number of thiophene rings is 1. The molecule has 2 N–H and O–H groups in total. The number of hydrogen-bond acceptors (Lipinski definition) is 3. The van der Waals surface area contributed by atoms with E-state index >= 15 is 0 Å². The van der Waals surface area contributed by atoms with E-state index in [1.807, 2.05) is 31.4 Å². The van der Waals surface area contributed by atoms with Gasteiger partial charge in [0.05, 0.1) is 12.5 Å². The minimum Gasteiger partial charge on any atom is -0.392 e. The van der Waals surface area contributed by atoms with Crippen molar-refractivity contribution in [2.75, 3.05) is 0 Å². The molecule has 3 nitrogen and oxygen atoms in total. The van der Waals surface area contributed by atoms with Crippen molar-refractivity contribution in [3.05, 3.63) is 22.4 Å². The van der Waals surface area contributed by atoms with Crippen LogP contribution >= 0.6 is 11.3 Å². The molecule has 2 atom stereocenters. The highest BCUT2D eigenvalue weighted by molar-refractivity contribution is 7.10. The second kappa shape index (κ2) is 4.18. The summed E-state index contributed by atoms with van der Waals surface area (Å²) in [5, 5.41) is 14.5. The third-order valence-electron chi connectivity index (χ3n) is 3.47. The van der Waals surface area contributed by atoms with Crippen molar-refractivity contribution in [1.82, 2.24) is 5.32 Å². The summed E-state index contributed by atoms with van der Waals surface area (Å²) < 4.78 is 0. The first-order valence-corrected chi connectivity index (χ1v) is 6.38. The lowest BCUT2D eigenvalue weighted by molar-refractivity contribution is -0.128. The Morgan fingerprint density at radius 1 is 1.69 bits per heavy atom. The lowest BCUT2D eigenvalue weighted by Gasteiger charge is -2.49. The van der Waals surface area contributed by atoms with Crippen molar-refractivity contribution < 1.29 is 9.90 Å². The molecule has 0 spiro atoms. The Hall–Kier alpha value is -0.870. The van der Waals surface area contributed by atoms with E-state index in [1.165, 1.54) is 0 Å². The number of aliphatic hydroxyl groups is 1. The second-order valence-electron chi connectivity index (χ2n) is 4.95. The molecule has 0 saturated heterocycles. The van der Waals surface area contributed by atoms with Gasteiger partial charge in [0.15, 0.2) is 0 Å². The maximum atomic E-state index is 11.7. The van der Waals surface area contributed by atoms with Crippen molar-refractivity contribution in [1.29, 1.82) is 0 Å². The van der Waals surface area contributed by atoms with Gasteiger partial charge in [0, 0.05) is 16.3 Å². The van der Waals surface area contributed by atoms with Gasteiger partial charge in [-0.1, -0.05) is 19.9 Å². The molecular formula is C12H17NO2S. The summed E-state index contributed by atoms with van der Waals surface area (Å²) in [6.45, 7) is 3.97. The molecular weight excluding hydrogens is 222 g/mol. The summed E-state index contributed by atoms with van der Waals surface area (Å²) in [6, 6.07) is 4.02. The van der Waals surface area contributed by atoms with Gasteiger partial charge in [0.2, 0.25) is 5.91 Å². The van der Waals surface area contributed by atoms with Gasteiger partial charge in [-0.25, -0.2) is 0 Å². The molecule has 4 heteroatoms. The zero-order chi connectivity index (χ0) is 11.8. The van der Waals surface area contributed by atoms with Gasteiger partial charge in [-0.2, -0.15) is 0 Å². The Morgan fingerprint density at radius 2 is 2.44 bits per heavy atom. The first kappa shape index (κ1) is 11.6. The van der Waals surface area contributed by atoms with E-state index in [1.54, 1.807) is 11.3 Å². The molecule has 1 amide bonds. The van der Waals surface area contributed by atoms with E-state index < -0.39 is 0 Å². The van der Waals surface area contributed by atoms with Gasteiger partial charge >= 0.3 is 0 Å². The predicted molar refractivity (Wildman–Crippen MR) is 64.4 cm³/mol. The molecule has 1 aromatic rings. The van der Waals surface area contributed by atoms with Crippen molar-refractivity contribution in [2.24, 2.45) is 5.41 Å². The Labute approximate surface area is 99.5 Å². The van der Waals surface area contributed by atoms with Crippen molar-refractivity contribution in [2.45, 2.75) is 38.8 Å². The zero-order valence-electron chi connectivity index (χ0n) is 9.56. The third-order valence-corrected chi connectivity index (χ3v) is 4.34. The van der Waals surface area contributed by atoms with Gasteiger partial charge < -0.3 is 10.4 Å². The van der Waals surface area contributed by atoms with Crippen LogP contribution in [0.2, 0.25) is 0 Å². The molecule has 1 saturated carbocycles. The normalized spacial score (nSPS) is 27.2. The summed E-state index contributed by atoms with van der Waals surface area (Å²) in [6.07, 6.45) is 0.823. The molecule has 2 rings (SSSR count). The number of rotatable bonds is 3. The minimum absolute atomic E-state index is 0.0485. The molecule has 16 heavy (non-hydrogen) atoms. The molecule has 1 aliphatic rings. The highest BCUT2D eigenvalue weighted by Crippen LogP contribution is 2.40. The maximum Gasteiger partial charge on any atom is 0.225 e. The van der Waals surface area contributed by atoms with Gasteiger partial charge in [0.25, 0.3) is 0 Å². The minimum atomic E-state index is -0.292. The monoisotopic (exact) mass is 239 g/mol. The SMILES string of the molecule is CC1(C)C(O)CC1NC(=O)Cc1cccs1. The van der Waals surface area contributed by atoms with Crippen LogP contribution in [-0.4, -0.2) is 23.2 Å². The van der Waals surface area contributed by atoms with E-state index in [9.17, 15) is 9.90 Å². The van der Waals surface area contributed by atoms with E-state index in [0.717, 1.165) is 4.88 Å². The lowest BCUT2D eigenvalue weighted by atomic mass is 9.64. The van der Waals surface area contributed by atoms with Crippen LogP contribution in [-0.2, 0) is 11.2 Å². The Morgan fingerprint density at radius 3 is 2.94 bits per heavy atom. The van der Waals surface area contributed by atoms with Crippen LogP contribution < -0.4 is 5.32 Å². The quantitative estimate of drug-likeness (QED) is 0.841. The van der Waals surface area contributed by atoms with E-state index in [0.29, 0.717) is 12.8 Å².